The first-order valence-corrected chi connectivity index (χ1v) is 7.06. The maximum absolute atomic E-state index is 3.54. The zero-order valence-electron chi connectivity index (χ0n) is 11.0. The Bertz CT molecular complexity index is 552. The smallest absolute Gasteiger partial charge is 0.0670 e. The summed E-state index contributed by atoms with van der Waals surface area (Å²) in [5.74, 6) is 0. The van der Waals surface area contributed by atoms with Crippen molar-refractivity contribution in [2.45, 2.75) is 12.5 Å². The van der Waals surface area contributed by atoms with E-state index in [1.54, 1.807) is 0 Å². The number of fused-ring (bicyclic) bond motifs is 5. The predicted octanol–water partition coefficient (Wildman–Crippen LogP) is 2.74. The fourth-order valence-corrected chi connectivity index (χ4v) is 3.44. The number of benzene rings is 2. The first-order valence-electron chi connectivity index (χ1n) is 7.06. The van der Waals surface area contributed by atoms with Crippen molar-refractivity contribution in [3.8, 4) is 0 Å². The number of hydrogen-bond donors (Lipinski definition) is 1. The SMILES string of the molecule is c1ccc2c(c1)Cc1ccccc1N1CCNCC21. The highest BCUT2D eigenvalue weighted by Gasteiger charge is 2.29. The molecule has 0 aliphatic carbocycles. The Balaban J connectivity index is 1.92. The van der Waals surface area contributed by atoms with Crippen molar-refractivity contribution in [1.29, 1.82) is 0 Å². The summed E-state index contributed by atoms with van der Waals surface area (Å²) < 4.78 is 0. The van der Waals surface area contributed by atoms with Gasteiger partial charge in [0.2, 0.25) is 0 Å². The van der Waals surface area contributed by atoms with E-state index in [1.807, 2.05) is 0 Å². The van der Waals surface area contributed by atoms with Crippen LogP contribution >= 0.6 is 0 Å². The first-order chi connectivity index (χ1) is 9.43. The van der Waals surface area contributed by atoms with Crippen LogP contribution in [0.15, 0.2) is 48.5 Å². The average molecular weight is 250 g/mol. The normalized spacial score (nSPS) is 21.1. The monoisotopic (exact) mass is 250 g/mol. The molecule has 0 aromatic heterocycles. The van der Waals surface area contributed by atoms with Gasteiger partial charge in [-0.15, -0.1) is 0 Å². The van der Waals surface area contributed by atoms with Crippen LogP contribution in [-0.4, -0.2) is 19.6 Å². The number of hydrogen-bond acceptors (Lipinski definition) is 2. The molecule has 0 spiro atoms. The molecular formula is C17H18N2. The third-order valence-corrected chi connectivity index (χ3v) is 4.34. The van der Waals surface area contributed by atoms with Gasteiger partial charge in [0.15, 0.2) is 0 Å². The van der Waals surface area contributed by atoms with E-state index in [9.17, 15) is 0 Å². The lowest BCUT2D eigenvalue weighted by atomic mass is 9.96. The quantitative estimate of drug-likeness (QED) is 0.773. The zero-order chi connectivity index (χ0) is 12.7. The van der Waals surface area contributed by atoms with E-state index in [0.717, 1.165) is 26.1 Å². The number of rotatable bonds is 0. The minimum absolute atomic E-state index is 0.480. The molecule has 96 valence electrons. The molecule has 2 aliphatic heterocycles. The highest BCUT2D eigenvalue weighted by molar-refractivity contribution is 5.60. The van der Waals surface area contributed by atoms with Crippen LogP contribution in [0.25, 0.3) is 0 Å². The molecule has 2 aliphatic rings. The van der Waals surface area contributed by atoms with Crippen molar-refractivity contribution in [2.24, 2.45) is 0 Å². The van der Waals surface area contributed by atoms with Crippen LogP contribution in [0.1, 0.15) is 22.7 Å². The van der Waals surface area contributed by atoms with Gasteiger partial charge < -0.3 is 10.2 Å². The Morgan fingerprint density at radius 3 is 2.68 bits per heavy atom. The summed E-state index contributed by atoms with van der Waals surface area (Å²) in [5.41, 5.74) is 5.85. The number of piperazine rings is 1. The number of nitrogens with one attached hydrogen (secondary N) is 1. The van der Waals surface area contributed by atoms with Gasteiger partial charge in [0.25, 0.3) is 0 Å². The van der Waals surface area contributed by atoms with Crippen molar-refractivity contribution in [1.82, 2.24) is 5.32 Å². The van der Waals surface area contributed by atoms with E-state index in [4.69, 9.17) is 0 Å². The van der Waals surface area contributed by atoms with Gasteiger partial charge in [-0.05, 0) is 29.2 Å². The second kappa shape index (κ2) is 4.39. The molecule has 2 heteroatoms. The molecule has 1 unspecified atom stereocenters. The van der Waals surface area contributed by atoms with Crippen LogP contribution in [-0.2, 0) is 6.42 Å². The molecule has 4 rings (SSSR count). The van der Waals surface area contributed by atoms with Gasteiger partial charge in [-0.3, -0.25) is 0 Å². The Morgan fingerprint density at radius 2 is 1.74 bits per heavy atom. The standard InChI is InChI=1S/C17H18N2/c1-3-7-15-13(5-1)11-14-6-2-4-8-16(14)19-10-9-18-12-17(15)19/h1-8,17-18H,9-12H2. The van der Waals surface area contributed by atoms with Gasteiger partial charge in [0.05, 0.1) is 6.04 Å². The van der Waals surface area contributed by atoms with Crippen LogP contribution in [0.3, 0.4) is 0 Å². The van der Waals surface area contributed by atoms with E-state index in [1.165, 1.54) is 22.4 Å². The molecule has 1 saturated heterocycles. The fourth-order valence-electron chi connectivity index (χ4n) is 3.44. The molecule has 0 saturated carbocycles. The minimum Gasteiger partial charge on any atom is -0.362 e. The van der Waals surface area contributed by atoms with Crippen LogP contribution in [0.5, 0.6) is 0 Å². The molecular weight excluding hydrogens is 232 g/mol. The number of anilines is 1. The third-order valence-electron chi connectivity index (χ3n) is 4.34. The molecule has 1 fully saturated rings. The Labute approximate surface area is 114 Å². The minimum atomic E-state index is 0.480. The summed E-state index contributed by atoms with van der Waals surface area (Å²) in [6, 6.07) is 18.3. The molecule has 19 heavy (non-hydrogen) atoms. The Kier molecular flexibility index (Phi) is 2.56. The van der Waals surface area contributed by atoms with Crippen LogP contribution in [0.4, 0.5) is 5.69 Å². The Hall–Kier alpha value is -1.80. The molecule has 0 radical (unpaired) electrons. The van der Waals surface area contributed by atoms with Gasteiger partial charge >= 0.3 is 0 Å². The summed E-state index contributed by atoms with van der Waals surface area (Å²) >= 11 is 0. The third kappa shape index (κ3) is 1.75. The maximum Gasteiger partial charge on any atom is 0.0670 e. The number of nitrogens with zero attached hydrogens (tertiary/aromatic N) is 1. The fraction of sp³-hybridized carbons (Fsp3) is 0.294. The van der Waals surface area contributed by atoms with Gasteiger partial charge in [0, 0.05) is 25.3 Å². The molecule has 2 heterocycles. The lowest BCUT2D eigenvalue weighted by molar-refractivity contribution is 0.490. The molecule has 2 aromatic rings. The van der Waals surface area contributed by atoms with Gasteiger partial charge in [0.1, 0.15) is 0 Å². The van der Waals surface area contributed by atoms with E-state index < -0.39 is 0 Å². The zero-order valence-corrected chi connectivity index (χ0v) is 11.0. The van der Waals surface area contributed by atoms with Gasteiger partial charge in [-0.1, -0.05) is 42.5 Å². The lowest BCUT2D eigenvalue weighted by Crippen LogP contribution is -2.46. The summed E-state index contributed by atoms with van der Waals surface area (Å²) in [7, 11) is 0. The van der Waals surface area contributed by atoms with Crippen molar-refractivity contribution in [3.63, 3.8) is 0 Å². The predicted molar refractivity (Wildman–Crippen MR) is 78.6 cm³/mol. The van der Waals surface area contributed by atoms with Crippen LogP contribution < -0.4 is 10.2 Å². The van der Waals surface area contributed by atoms with Gasteiger partial charge in [-0.25, -0.2) is 0 Å². The van der Waals surface area contributed by atoms with Gasteiger partial charge in [-0.2, -0.15) is 0 Å². The molecule has 1 N–H and O–H groups in total. The molecule has 0 amide bonds. The van der Waals surface area contributed by atoms with Crippen molar-refractivity contribution >= 4 is 5.69 Å². The first kappa shape index (κ1) is 11.1. The van der Waals surface area contributed by atoms with Crippen LogP contribution in [0.2, 0.25) is 0 Å². The summed E-state index contributed by atoms with van der Waals surface area (Å²) in [6.45, 7) is 3.22. The van der Waals surface area contributed by atoms with E-state index >= 15 is 0 Å². The molecule has 2 nitrogen and oxygen atoms in total. The maximum atomic E-state index is 3.54. The topological polar surface area (TPSA) is 15.3 Å². The Morgan fingerprint density at radius 1 is 0.947 bits per heavy atom. The van der Waals surface area contributed by atoms with E-state index in [2.05, 4.69) is 58.7 Å². The average Bonchev–Trinajstić information content (AvgIpc) is 2.62. The lowest BCUT2D eigenvalue weighted by Gasteiger charge is -2.38. The number of para-hydroxylation sites is 1. The molecule has 2 aromatic carbocycles. The highest BCUT2D eigenvalue weighted by Crippen LogP contribution is 2.37. The van der Waals surface area contributed by atoms with Crippen molar-refractivity contribution < 1.29 is 0 Å². The summed E-state index contributed by atoms with van der Waals surface area (Å²) in [6.07, 6.45) is 1.05. The highest BCUT2D eigenvalue weighted by atomic mass is 15.2. The second-order valence-corrected chi connectivity index (χ2v) is 5.42. The van der Waals surface area contributed by atoms with Crippen LogP contribution in [0, 0.1) is 0 Å². The molecule has 1 atom stereocenters. The second-order valence-electron chi connectivity index (χ2n) is 5.42. The van der Waals surface area contributed by atoms with Crippen molar-refractivity contribution in [2.75, 3.05) is 24.5 Å². The van der Waals surface area contributed by atoms with Crippen molar-refractivity contribution in [3.05, 3.63) is 65.2 Å². The van der Waals surface area contributed by atoms with E-state index in [-0.39, 0.29) is 0 Å². The largest absolute Gasteiger partial charge is 0.362 e. The summed E-state index contributed by atoms with van der Waals surface area (Å²) in [5, 5.41) is 3.54. The summed E-state index contributed by atoms with van der Waals surface area (Å²) in [4.78, 5) is 2.58. The molecule has 0 bridgehead atoms. The van der Waals surface area contributed by atoms with E-state index in [0.29, 0.717) is 6.04 Å².